The van der Waals surface area contributed by atoms with Crippen molar-refractivity contribution >= 4 is 11.6 Å². The lowest BCUT2D eigenvalue weighted by Crippen LogP contribution is -2.40. The molecule has 0 aromatic heterocycles. The van der Waals surface area contributed by atoms with Crippen molar-refractivity contribution in [2.75, 3.05) is 0 Å². The minimum atomic E-state index is -0.378. The summed E-state index contributed by atoms with van der Waals surface area (Å²) < 4.78 is 0. The van der Waals surface area contributed by atoms with Crippen LogP contribution in [0.15, 0.2) is 46.8 Å². The van der Waals surface area contributed by atoms with Crippen molar-refractivity contribution in [3.8, 4) is 0 Å². The zero-order valence-corrected chi connectivity index (χ0v) is 15.1. The Balaban J connectivity index is 2.21. The van der Waals surface area contributed by atoms with E-state index in [2.05, 4.69) is 5.32 Å². The van der Waals surface area contributed by atoms with Crippen LogP contribution >= 0.6 is 0 Å². The molecule has 1 aliphatic heterocycles. The first-order valence-corrected chi connectivity index (χ1v) is 8.55. The molecule has 0 amide bonds. The van der Waals surface area contributed by atoms with Gasteiger partial charge in [-0.3, -0.25) is 9.59 Å². The molecule has 3 rings (SSSR count). The summed E-state index contributed by atoms with van der Waals surface area (Å²) in [5.41, 5.74) is 5.17. The average Bonchev–Trinajstić information content (AvgIpc) is 2.51. The number of rotatable bonds is 2. The summed E-state index contributed by atoms with van der Waals surface area (Å²) in [5, 5.41) is 3.35. The maximum Gasteiger partial charge on any atom is 0.167 e. The lowest BCUT2D eigenvalue weighted by atomic mass is 9.67. The molecule has 1 aromatic rings. The van der Waals surface area contributed by atoms with Crippen molar-refractivity contribution in [1.29, 1.82) is 0 Å². The summed E-state index contributed by atoms with van der Waals surface area (Å²) in [5.74, 6) is -0.0761. The summed E-state index contributed by atoms with van der Waals surface area (Å²) >= 11 is 0. The van der Waals surface area contributed by atoms with E-state index in [1.807, 2.05) is 52.0 Å². The third-order valence-electron chi connectivity index (χ3n) is 5.29. The fourth-order valence-corrected chi connectivity index (χ4v) is 3.84. The second kappa shape index (κ2) is 5.73. The van der Waals surface area contributed by atoms with E-state index in [9.17, 15) is 9.59 Å². The molecule has 1 unspecified atom stereocenters. The van der Waals surface area contributed by atoms with E-state index >= 15 is 0 Å². The van der Waals surface area contributed by atoms with Crippen LogP contribution in [0.1, 0.15) is 57.6 Å². The van der Waals surface area contributed by atoms with Gasteiger partial charge in [0.2, 0.25) is 0 Å². The van der Waals surface area contributed by atoms with Crippen molar-refractivity contribution < 1.29 is 9.59 Å². The Bertz CT molecular complexity index is 779. The molecule has 0 saturated heterocycles. The van der Waals surface area contributed by atoms with Crippen LogP contribution in [-0.4, -0.2) is 11.6 Å². The lowest BCUT2D eigenvalue weighted by Gasteiger charge is -2.39. The number of nitrogens with one attached hydrogen (secondary N) is 1. The minimum Gasteiger partial charge on any atom is -0.362 e. The standard InChI is InChI=1S/C21H25NO2/c1-12-6-8-15(9-7-12)18-17(14(3)23)13(2)22-16-10-11-21(4,5)20(24)19(16)18/h6-9,18,22H,10-11H2,1-5H3. The quantitative estimate of drug-likeness (QED) is 0.888. The minimum absolute atomic E-state index is 0.0216. The molecule has 0 bridgehead atoms. The van der Waals surface area contributed by atoms with Crippen molar-refractivity contribution in [2.45, 2.75) is 53.4 Å². The zero-order chi connectivity index (χ0) is 17.6. The average molecular weight is 323 g/mol. The van der Waals surface area contributed by atoms with E-state index in [1.165, 1.54) is 5.56 Å². The van der Waals surface area contributed by atoms with E-state index in [-0.39, 0.29) is 22.9 Å². The Morgan fingerprint density at radius 3 is 2.38 bits per heavy atom. The molecule has 0 saturated carbocycles. The van der Waals surface area contributed by atoms with Gasteiger partial charge in [0.1, 0.15) is 0 Å². The first-order chi connectivity index (χ1) is 11.2. The van der Waals surface area contributed by atoms with Gasteiger partial charge in [-0.1, -0.05) is 43.7 Å². The highest BCUT2D eigenvalue weighted by Gasteiger charge is 2.43. The maximum atomic E-state index is 13.2. The monoisotopic (exact) mass is 323 g/mol. The number of allylic oxidation sites excluding steroid dienone is 4. The van der Waals surface area contributed by atoms with E-state index in [0.29, 0.717) is 5.57 Å². The van der Waals surface area contributed by atoms with Gasteiger partial charge >= 0.3 is 0 Å². The number of carbonyl (C=O) groups is 2. The Morgan fingerprint density at radius 1 is 1.17 bits per heavy atom. The van der Waals surface area contributed by atoms with Crippen LogP contribution in [0.4, 0.5) is 0 Å². The molecular weight excluding hydrogens is 298 g/mol. The van der Waals surface area contributed by atoms with E-state index in [1.54, 1.807) is 6.92 Å². The summed E-state index contributed by atoms with van der Waals surface area (Å²) in [6.07, 6.45) is 1.68. The second-order valence-corrected chi connectivity index (χ2v) is 7.67. The molecule has 126 valence electrons. The number of carbonyl (C=O) groups excluding carboxylic acids is 2. The Morgan fingerprint density at radius 2 is 1.79 bits per heavy atom. The van der Waals surface area contributed by atoms with Gasteiger partial charge in [-0.2, -0.15) is 0 Å². The van der Waals surface area contributed by atoms with Crippen LogP contribution in [0.3, 0.4) is 0 Å². The Labute approximate surface area is 143 Å². The lowest BCUT2D eigenvalue weighted by molar-refractivity contribution is -0.124. The first kappa shape index (κ1) is 16.7. The molecule has 0 fully saturated rings. The summed E-state index contributed by atoms with van der Waals surface area (Å²) in [4.78, 5) is 25.5. The molecule has 1 heterocycles. The molecule has 1 N–H and O–H groups in total. The molecular formula is C21H25NO2. The SMILES string of the molecule is CC(=O)C1=C(C)NC2=C(C(=O)C(C)(C)CC2)C1c1ccc(C)cc1. The molecule has 3 nitrogen and oxygen atoms in total. The highest BCUT2D eigenvalue weighted by molar-refractivity contribution is 6.07. The number of hydrogen-bond donors (Lipinski definition) is 1. The van der Waals surface area contributed by atoms with Gasteiger partial charge in [-0.25, -0.2) is 0 Å². The number of Topliss-reactive ketones (excluding diaryl/α,β-unsaturated/α-hetero) is 2. The van der Waals surface area contributed by atoms with Gasteiger partial charge in [0, 0.05) is 33.9 Å². The van der Waals surface area contributed by atoms with Crippen molar-refractivity contribution in [2.24, 2.45) is 5.41 Å². The third-order valence-corrected chi connectivity index (χ3v) is 5.29. The molecule has 24 heavy (non-hydrogen) atoms. The Kier molecular flexibility index (Phi) is 3.98. The first-order valence-electron chi connectivity index (χ1n) is 8.55. The normalized spacial score (nSPS) is 23.0. The second-order valence-electron chi connectivity index (χ2n) is 7.67. The summed E-state index contributed by atoms with van der Waals surface area (Å²) in [6.45, 7) is 9.57. The molecule has 0 spiro atoms. The number of benzene rings is 1. The molecule has 0 radical (unpaired) electrons. The topological polar surface area (TPSA) is 46.2 Å². The molecule has 1 aromatic carbocycles. The molecule has 1 aliphatic carbocycles. The fraction of sp³-hybridized carbons (Fsp3) is 0.429. The molecule has 3 heteroatoms. The predicted molar refractivity (Wildman–Crippen MR) is 95.5 cm³/mol. The number of aryl methyl sites for hydroxylation is 1. The van der Waals surface area contributed by atoms with Gasteiger partial charge in [0.15, 0.2) is 11.6 Å². The van der Waals surface area contributed by atoms with Crippen LogP contribution in [-0.2, 0) is 9.59 Å². The van der Waals surface area contributed by atoms with Crippen LogP contribution in [0.25, 0.3) is 0 Å². The molecule has 1 atom stereocenters. The largest absolute Gasteiger partial charge is 0.362 e. The van der Waals surface area contributed by atoms with Crippen LogP contribution in [0, 0.1) is 12.3 Å². The number of ketones is 2. The number of hydrogen-bond acceptors (Lipinski definition) is 3. The van der Waals surface area contributed by atoms with Crippen molar-refractivity contribution in [3.05, 3.63) is 57.9 Å². The van der Waals surface area contributed by atoms with E-state index < -0.39 is 0 Å². The van der Waals surface area contributed by atoms with Crippen LogP contribution < -0.4 is 5.32 Å². The zero-order valence-electron chi connectivity index (χ0n) is 15.1. The third kappa shape index (κ3) is 2.62. The summed E-state index contributed by atoms with van der Waals surface area (Å²) in [7, 11) is 0. The van der Waals surface area contributed by atoms with Crippen molar-refractivity contribution in [3.63, 3.8) is 0 Å². The highest BCUT2D eigenvalue weighted by Crippen LogP contribution is 2.46. The Hall–Kier alpha value is -2.16. The smallest absolute Gasteiger partial charge is 0.167 e. The van der Waals surface area contributed by atoms with Gasteiger partial charge in [0.05, 0.1) is 0 Å². The van der Waals surface area contributed by atoms with Crippen molar-refractivity contribution in [1.82, 2.24) is 5.32 Å². The van der Waals surface area contributed by atoms with Gasteiger partial charge in [-0.05, 0) is 39.2 Å². The molecule has 2 aliphatic rings. The van der Waals surface area contributed by atoms with Gasteiger partial charge in [0.25, 0.3) is 0 Å². The number of dihydropyridines is 1. The van der Waals surface area contributed by atoms with E-state index in [0.717, 1.165) is 35.4 Å². The van der Waals surface area contributed by atoms with Gasteiger partial charge in [-0.15, -0.1) is 0 Å². The maximum absolute atomic E-state index is 13.2. The van der Waals surface area contributed by atoms with Crippen LogP contribution in [0.5, 0.6) is 0 Å². The predicted octanol–water partition coefficient (Wildman–Crippen LogP) is 4.19. The van der Waals surface area contributed by atoms with Gasteiger partial charge < -0.3 is 5.32 Å². The van der Waals surface area contributed by atoms with E-state index in [4.69, 9.17) is 0 Å². The van der Waals surface area contributed by atoms with Crippen LogP contribution in [0.2, 0.25) is 0 Å². The highest BCUT2D eigenvalue weighted by atomic mass is 16.1. The fourth-order valence-electron chi connectivity index (χ4n) is 3.84. The summed E-state index contributed by atoms with van der Waals surface area (Å²) in [6, 6.07) is 8.17.